The molecule has 1 nitrogen and oxygen atoms in total. The number of anilines is 1. The van der Waals surface area contributed by atoms with E-state index in [2.05, 4.69) is 133 Å². The van der Waals surface area contributed by atoms with Gasteiger partial charge in [-0.2, -0.15) is 0 Å². The number of hydrogen-bond acceptors (Lipinski definition) is 2. The van der Waals surface area contributed by atoms with E-state index in [0.29, 0.717) is 17.1 Å². The van der Waals surface area contributed by atoms with Crippen LogP contribution in [0.15, 0.2) is 132 Å². The topological polar surface area (TPSA) is 3.24 Å². The summed E-state index contributed by atoms with van der Waals surface area (Å²) < 4.78 is 0. The lowest BCUT2D eigenvalue weighted by Crippen LogP contribution is -2.37. The SMILES string of the molecule is CC1C=C2C(=C3c4ccccc4N(C4=CC5c6c(ccc7ccccc67)SC5C=C4)C31)c1cccc3cccc2c13. The van der Waals surface area contributed by atoms with Crippen molar-refractivity contribution in [2.24, 2.45) is 5.92 Å². The summed E-state index contributed by atoms with van der Waals surface area (Å²) in [6.45, 7) is 2.42. The monoisotopic (exact) mass is 541 g/mol. The van der Waals surface area contributed by atoms with Gasteiger partial charge in [0.1, 0.15) is 0 Å². The number of benzene rings is 5. The van der Waals surface area contributed by atoms with Crippen molar-refractivity contribution in [1.29, 1.82) is 0 Å². The van der Waals surface area contributed by atoms with Crippen LogP contribution in [0.3, 0.4) is 0 Å². The Labute approximate surface area is 244 Å². The van der Waals surface area contributed by atoms with Gasteiger partial charge in [-0.05, 0) is 79.1 Å². The van der Waals surface area contributed by atoms with Crippen LogP contribution in [0, 0.1) is 5.92 Å². The Morgan fingerprint density at radius 3 is 2.41 bits per heavy atom. The molecule has 0 saturated heterocycles. The van der Waals surface area contributed by atoms with E-state index in [1.165, 1.54) is 76.8 Å². The molecular weight excluding hydrogens is 515 g/mol. The van der Waals surface area contributed by atoms with Gasteiger partial charge in [0.2, 0.25) is 0 Å². The minimum Gasteiger partial charge on any atom is -0.333 e. The highest BCUT2D eigenvalue weighted by molar-refractivity contribution is 8.00. The van der Waals surface area contributed by atoms with Crippen LogP contribution in [0.25, 0.3) is 38.3 Å². The number of thioether (sulfide) groups is 1. The van der Waals surface area contributed by atoms with Crippen molar-refractivity contribution >= 4 is 55.7 Å². The molecule has 41 heavy (non-hydrogen) atoms. The van der Waals surface area contributed by atoms with E-state index in [1.807, 2.05) is 11.8 Å². The Balaban J connectivity index is 1.19. The summed E-state index contributed by atoms with van der Waals surface area (Å²) in [6, 6.07) is 36.5. The minimum absolute atomic E-state index is 0.268. The first kappa shape index (κ1) is 22.4. The molecule has 5 aromatic carbocycles. The molecule has 0 N–H and O–H groups in total. The van der Waals surface area contributed by atoms with Crippen LogP contribution in [-0.2, 0) is 0 Å². The molecule has 0 fully saturated rings. The fourth-order valence-corrected chi connectivity index (χ4v) is 9.67. The van der Waals surface area contributed by atoms with Gasteiger partial charge in [-0.25, -0.2) is 0 Å². The van der Waals surface area contributed by atoms with Gasteiger partial charge >= 0.3 is 0 Å². The summed E-state index contributed by atoms with van der Waals surface area (Å²) >= 11 is 2.02. The molecule has 5 aliphatic rings. The van der Waals surface area contributed by atoms with E-state index in [9.17, 15) is 0 Å². The highest BCUT2D eigenvalue weighted by Crippen LogP contribution is 2.59. The Kier molecular flexibility index (Phi) is 4.34. The molecule has 0 amide bonds. The zero-order valence-electron chi connectivity index (χ0n) is 22.7. The van der Waals surface area contributed by atoms with Crippen LogP contribution in [-0.4, -0.2) is 11.3 Å². The predicted octanol–water partition coefficient (Wildman–Crippen LogP) is 9.85. The second kappa shape index (κ2) is 7.93. The van der Waals surface area contributed by atoms with Crippen LogP contribution < -0.4 is 4.90 Å². The van der Waals surface area contributed by atoms with E-state index in [4.69, 9.17) is 0 Å². The third kappa shape index (κ3) is 2.84. The lowest BCUT2D eigenvalue weighted by atomic mass is 9.79. The molecule has 4 unspecified atom stereocenters. The van der Waals surface area contributed by atoms with E-state index < -0.39 is 0 Å². The largest absolute Gasteiger partial charge is 0.333 e. The van der Waals surface area contributed by atoms with E-state index >= 15 is 0 Å². The molecule has 0 aromatic heterocycles. The Morgan fingerprint density at radius 2 is 1.49 bits per heavy atom. The van der Waals surface area contributed by atoms with Crippen LogP contribution >= 0.6 is 11.8 Å². The standard InChI is InChI=1S/C39H27NS/c1-22-20-30-27-13-6-9-24-10-7-14-29(35(24)27)37(30)38-28-12-4-5-15-32(28)40(39(22)38)25-17-19-33-31(21-25)36-26-11-3-2-8-23(26)16-18-34(36)41-33/h2-22,31,33,39H,1H3. The van der Waals surface area contributed by atoms with Crippen LogP contribution in [0.2, 0.25) is 0 Å². The molecule has 2 aliphatic heterocycles. The second-order valence-corrected chi connectivity index (χ2v) is 13.2. The normalized spacial score (nSPS) is 24.7. The Hall–Kier alpha value is -4.27. The maximum atomic E-state index is 2.67. The van der Waals surface area contributed by atoms with Gasteiger partial charge < -0.3 is 4.90 Å². The number of nitrogens with zero attached hydrogens (tertiary/aromatic N) is 1. The molecule has 0 spiro atoms. The third-order valence-electron chi connectivity index (χ3n) is 9.92. The first-order chi connectivity index (χ1) is 20.3. The first-order valence-corrected chi connectivity index (χ1v) is 15.6. The molecule has 5 aromatic rings. The zero-order chi connectivity index (χ0) is 26.8. The van der Waals surface area contributed by atoms with Gasteiger partial charge in [0.15, 0.2) is 0 Å². The minimum atomic E-state index is 0.268. The number of hydrogen-bond donors (Lipinski definition) is 0. The van der Waals surface area contributed by atoms with Crippen LogP contribution in [0.1, 0.15) is 35.1 Å². The van der Waals surface area contributed by atoms with Crippen molar-refractivity contribution in [3.05, 3.63) is 149 Å². The third-order valence-corrected chi connectivity index (χ3v) is 11.3. The molecule has 10 rings (SSSR count). The lowest BCUT2D eigenvalue weighted by molar-refractivity contribution is 0.626. The number of rotatable bonds is 1. The summed E-state index contributed by atoms with van der Waals surface area (Å²) in [5.41, 5.74) is 12.7. The van der Waals surface area contributed by atoms with Gasteiger partial charge in [0, 0.05) is 33.0 Å². The molecule has 3 aliphatic carbocycles. The van der Waals surface area contributed by atoms with Crippen molar-refractivity contribution in [2.45, 2.75) is 29.0 Å². The van der Waals surface area contributed by atoms with Crippen molar-refractivity contribution in [3.8, 4) is 0 Å². The molecule has 194 valence electrons. The maximum Gasteiger partial charge on any atom is 0.0664 e. The summed E-state index contributed by atoms with van der Waals surface area (Å²) in [4.78, 5) is 4.10. The molecule has 2 heteroatoms. The number of fused-ring (bicyclic) bond motifs is 11. The van der Waals surface area contributed by atoms with Crippen molar-refractivity contribution in [2.75, 3.05) is 4.90 Å². The van der Waals surface area contributed by atoms with E-state index in [1.54, 1.807) is 0 Å². The van der Waals surface area contributed by atoms with Crippen LogP contribution in [0.5, 0.6) is 0 Å². The molecule has 2 heterocycles. The van der Waals surface area contributed by atoms with Gasteiger partial charge in [-0.3, -0.25) is 0 Å². The summed E-state index contributed by atoms with van der Waals surface area (Å²) in [7, 11) is 0. The highest BCUT2D eigenvalue weighted by Gasteiger charge is 2.46. The fourth-order valence-electron chi connectivity index (χ4n) is 8.34. The van der Waals surface area contributed by atoms with E-state index in [-0.39, 0.29) is 6.04 Å². The van der Waals surface area contributed by atoms with Crippen molar-refractivity contribution in [1.82, 2.24) is 0 Å². The van der Waals surface area contributed by atoms with Gasteiger partial charge in [0.25, 0.3) is 0 Å². The molecule has 0 radical (unpaired) electrons. The predicted molar refractivity (Wildman–Crippen MR) is 174 cm³/mol. The summed E-state index contributed by atoms with van der Waals surface area (Å²) in [5.74, 6) is 0.748. The van der Waals surface area contributed by atoms with Gasteiger partial charge in [0.05, 0.1) is 6.04 Å². The fraction of sp³-hybridized carbons (Fsp3) is 0.128. The maximum absolute atomic E-state index is 2.67. The van der Waals surface area contributed by atoms with Crippen molar-refractivity contribution in [3.63, 3.8) is 0 Å². The highest BCUT2D eigenvalue weighted by atomic mass is 32.2. The first-order valence-electron chi connectivity index (χ1n) is 14.7. The molecule has 0 saturated carbocycles. The zero-order valence-corrected chi connectivity index (χ0v) is 23.5. The molecule has 0 bridgehead atoms. The quantitative estimate of drug-likeness (QED) is 0.208. The summed E-state index contributed by atoms with van der Waals surface area (Å²) in [5, 5.41) is 5.94. The van der Waals surface area contributed by atoms with Gasteiger partial charge in [-0.15, -0.1) is 11.8 Å². The smallest absolute Gasteiger partial charge is 0.0664 e. The second-order valence-electron chi connectivity index (χ2n) is 12.0. The summed E-state index contributed by atoms with van der Waals surface area (Å²) in [6.07, 6.45) is 10.0. The Bertz CT molecular complexity index is 2120. The Morgan fingerprint density at radius 1 is 0.707 bits per heavy atom. The average Bonchev–Trinajstić information content (AvgIpc) is 3.66. The number of allylic oxidation sites excluding steroid dienone is 4. The molecule has 4 atom stereocenters. The molecular formula is C39H27NS. The van der Waals surface area contributed by atoms with E-state index in [0.717, 1.165) is 0 Å². The average molecular weight is 542 g/mol. The van der Waals surface area contributed by atoms with Crippen LogP contribution in [0.4, 0.5) is 5.69 Å². The lowest BCUT2D eigenvalue weighted by Gasteiger charge is -2.37. The van der Waals surface area contributed by atoms with Crippen molar-refractivity contribution < 1.29 is 0 Å². The number of para-hydroxylation sites is 1. The van der Waals surface area contributed by atoms with Gasteiger partial charge in [-0.1, -0.05) is 110 Å².